The number of benzene rings is 2. The van der Waals surface area contributed by atoms with Gasteiger partial charge in [-0.1, -0.05) is 48.5 Å². The van der Waals surface area contributed by atoms with Crippen molar-refractivity contribution in [1.82, 2.24) is 4.90 Å². The van der Waals surface area contributed by atoms with E-state index in [1.54, 1.807) is 0 Å². The van der Waals surface area contributed by atoms with E-state index in [4.69, 9.17) is 4.42 Å². The SMILES string of the molecule is CN1CCC(SCc2c(C(=O)c3ccccc3)oc3ccccc23)CC1. The van der Waals surface area contributed by atoms with Crippen molar-refractivity contribution >= 4 is 28.5 Å². The normalized spacial score (nSPS) is 16.2. The maximum absolute atomic E-state index is 13.0. The Morgan fingerprint density at radius 1 is 1.08 bits per heavy atom. The minimum atomic E-state index is -0.0271. The molecule has 134 valence electrons. The summed E-state index contributed by atoms with van der Waals surface area (Å²) in [7, 11) is 2.18. The predicted octanol–water partition coefficient (Wildman–Crippen LogP) is 4.99. The van der Waals surface area contributed by atoms with Crippen LogP contribution in [0, 0.1) is 0 Å². The zero-order chi connectivity index (χ0) is 17.9. The summed E-state index contributed by atoms with van der Waals surface area (Å²) in [6.07, 6.45) is 2.41. The van der Waals surface area contributed by atoms with Gasteiger partial charge in [-0.15, -0.1) is 0 Å². The average molecular weight is 365 g/mol. The summed E-state index contributed by atoms with van der Waals surface area (Å²) < 4.78 is 6.00. The zero-order valence-electron chi connectivity index (χ0n) is 15.0. The Morgan fingerprint density at radius 3 is 2.54 bits per heavy atom. The number of ketones is 1. The number of thioether (sulfide) groups is 1. The van der Waals surface area contributed by atoms with Crippen LogP contribution in [-0.4, -0.2) is 36.1 Å². The molecule has 0 saturated carbocycles. The van der Waals surface area contributed by atoms with Crippen LogP contribution in [0.25, 0.3) is 11.0 Å². The standard InChI is InChI=1S/C22H23NO2S/c1-23-13-11-17(12-14-23)26-15-19-18-9-5-6-10-20(18)25-22(19)21(24)16-7-3-2-4-8-16/h2-10,17H,11-15H2,1H3. The van der Waals surface area contributed by atoms with Gasteiger partial charge in [-0.25, -0.2) is 0 Å². The lowest BCUT2D eigenvalue weighted by atomic mass is 10.0. The lowest BCUT2D eigenvalue weighted by molar-refractivity contribution is 0.101. The third-order valence-electron chi connectivity index (χ3n) is 5.07. The molecule has 4 heteroatoms. The summed E-state index contributed by atoms with van der Waals surface area (Å²) in [5, 5.41) is 1.71. The maximum Gasteiger partial charge on any atom is 0.228 e. The molecule has 0 amide bonds. The monoisotopic (exact) mass is 365 g/mol. The summed E-state index contributed by atoms with van der Waals surface area (Å²) in [6.45, 7) is 2.30. The Morgan fingerprint density at radius 2 is 1.77 bits per heavy atom. The van der Waals surface area contributed by atoms with Gasteiger partial charge >= 0.3 is 0 Å². The summed E-state index contributed by atoms with van der Waals surface area (Å²) in [5.41, 5.74) is 2.52. The lowest BCUT2D eigenvalue weighted by Crippen LogP contribution is -2.31. The Labute approximate surface area is 158 Å². The molecule has 4 rings (SSSR count). The Balaban J connectivity index is 1.63. The third-order valence-corrected chi connectivity index (χ3v) is 6.47. The summed E-state index contributed by atoms with van der Waals surface area (Å²) in [4.78, 5) is 15.4. The minimum absolute atomic E-state index is 0.0271. The molecule has 1 aliphatic rings. The van der Waals surface area contributed by atoms with Gasteiger partial charge in [-0.2, -0.15) is 11.8 Å². The average Bonchev–Trinajstić information content (AvgIpc) is 3.06. The highest BCUT2D eigenvalue weighted by Gasteiger charge is 2.23. The molecular weight excluding hydrogens is 342 g/mol. The number of carbonyl (C=O) groups is 1. The Hall–Kier alpha value is -2.04. The van der Waals surface area contributed by atoms with Gasteiger partial charge in [-0.3, -0.25) is 4.79 Å². The fraction of sp³-hybridized carbons (Fsp3) is 0.318. The second-order valence-corrected chi connectivity index (χ2v) is 8.20. The van der Waals surface area contributed by atoms with Gasteiger partial charge in [0, 0.05) is 27.5 Å². The van der Waals surface area contributed by atoms with E-state index in [-0.39, 0.29) is 5.78 Å². The molecule has 0 aliphatic carbocycles. The molecule has 0 radical (unpaired) electrons. The molecule has 0 unspecified atom stereocenters. The largest absolute Gasteiger partial charge is 0.452 e. The van der Waals surface area contributed by atoms with E-state index >= 15 is 0 Å². The molecule has 2 aromatic carbocycles. The van der Waals surface area contributed by atoms with Crippen molar-refractivity contribution in [3.63, 3.8) is 0 Å². The summed E-state index contributed by atoms with van der Waals surface area (Å²) >= 11 is 1.96. The van der Waals surface area contributed by atoms with Gasteiger partial charge in [0.15, 0.2) is 5.76 Å². The van der Waals surface area contributed by atoms with Crippen molar-refractivity contribution in [2.24, 2.45) is 0 Å². The molecule has 1 saturated heterocycles. The number of hydrogen-bond acceptors (Lipinski definition) is 4. The number of nitrogens with zero attached hydrogens (tertiary/aromatic N) is 1. The molecule has 1 aliphatic heterocycles. The number of rotatable bonds is 5. The number of piperidine rings is 1. The van der Waals surface area contributed by atoms with Gasteiger partial charge in [0.25, 0.3) is 0 Å². The van der Waals surface area contributed by atoms with Crippen molar-refractivity contribution in [2.45, 2.75) is 23.8 Å². The molecule has 2 heterocycles. The number of para-hydroxylation sites is 1. The second-order valence-electron chi connectivity index (χ2n) is 6.91. The third kappa shape index (κ3) is 3.57. The highest BCUT2D eigenvalue weighted by molar-refractivity contribution is 7.99. The number of furan rings is 1. The highest BCUT2D eigenvalue weighted by atomic mass is 32.2. The topological polar surface area (TPSA) is 33.5 Å². The van der Waals surface area contributed by atoms with E-state index in [2.05, 4.69) is 18.0 Å². The summed E-state index contributed by atoms with van der Waals surface area (Å²) in [5.74, 6) is 1.29. The van der Waals surface area contributed by atoms with Crippen LogP contribution < -0.4 is 0 Å². The van der Waals surface area contributed by atoms with Crippen molar-refractivity contribution in [2.75, 3.05) is 20.1 Å². The van der Waals surface area contributed by atoms with Gasteiger partial charge in [0.2, 0.25) is 5.78 Å². The van der Waals surface area contributed by atoms with Crippen LogP contribution in [0.3, 0.4) is 0 Å². The van der Waals surface area contributed by atoms with Crippen molar-refractivity contribution in [3.05, 3.63) is 71.5 Å². The van der Waals surface area contributed by atoms with Crippen LogP contribution in [0.5, 0.6) is 0 Å². The Kier molecular flexibility index (Phi) is 5.14. The molecular formula is C22H23NO2S. The van der Waals surface area contributed by atoms with Crippen LogP contribution >= 0.6 is 11.8 Å². The maximum atomic E-state index is 13.0. The number of hydrogen-bond donors (Lipinski definition) is 0. The zero-order valence-corrected chi connectivity index (χ0v) is 15.8. The highest BCUT2D eigenvalue weighted by Crippen LogP contribution is 2.34. The number of fused-ring (bicyclic) bond motifs is 1. The molecule has 26 heavy (non-hydrogen) atoms. The fourth-order valence-electron chi connectivity index (χ4n) is 3.50. The van der Waals surface area contributed by atoms with E-state index in [1.165, 1.54) is 12.8 Å². The van der Waals surface area contributed by atoms with Gasteiger partial charge < -0.3 is 9.32 Å². The van der Waals surface area contributed by atoms with Gasteiger partial charge in [0.05, 0.1) is 0 Å². The molecule has 1 fully saturated rings. The quantitative estimate of drug-likeness (QED) is 0.596. The van der Waals surface area contributed by atoms with Gasteiger partial charge in [-0.05, 0) is 39.0 Å². The van der Waals surface area contributed by atoms with Crippen LogP contribution in [0.2, 0.25) is 0 Å². The van der Waals surface area contributed by atoms with Crippen LogP contribution in [0.15, 0.2) is 59.0 Å². The second kappa shape index (κ2) is 7.68. The van der Waals surface area contributed by atoms with Crippen molar-refractivity contribution < 1.29 is 9.21 Å². The van der Waals surface area contributed by atoms with Crippen LogP contribution in [0.1, 0.15) is 34.5 Å². The fourth-order valence-corrected chi connectivity index (χ4v) is 4.73. The van der Waals surface area contributed by atoms with Crippen LogP contribution in [-0.2, 0) is 5.75 Å². The molecule has 0 atom stereocenters. The first-order valence-corrected chi connectivity index (χ1v) is 10.2. The first-order chi connectivity index (χ1) is 12.7. The molecule has 1 aromatic heterocycles. The molecule has 3 nitrogen and oxygen atoms in total. The minimum Gasteiger partial charge on any atom is -0.452 e. The van der Waals surface area contributed by atoms with E-state index in [9.17, 15) is 4.79 Å². The van der Waals surface area contributed by atoms with Crippen LogP contribution in [0.4, 0.5) is 0 Å². The number of carbonyl (C=O) groups excluding carboxylic acids is 1. The van der Waals surface area contributed by atoms with E-state index in [0.29, 0.717) is 16.6 Å². The first-order valence-electron chi connectivity index (χ1n) is 9.12. The predicted molar refractivity (Wildman–Crippen MR) is 108 cm³/mol. The van der Waals surface area contributed by atoms with E-state index in [1.807, 2.05) is 60.3 Å². The van der Waals surface area contributed by atoms with Crippen molar-refractivity contribution in [3.8, 4) is 0 Å². The Bertz CT molecular complexity index is 895. The molecule has 0 N–H and O–H groups in total. The van der Waals surface area contributed by atoms with Gasteiger partial charge in [0.1, 0.15) is 5.58 Å². The summed E-state index contributed by atoms with van der Waals surface area (Å²) in [6, 6.07) is 17.4. The molecule has 0 bridgehead atoms. The van der Waals surface area contributed by atoms with E-state index in [0.717, 1.165) is 35.4 Å². The van der Waals surface area contributed by atoms with E-state index < -0.39 is 0 Å². The molecule has 3 aromatic rings. The lowest BCUT2D eigenvalue weighted by Gasteiger charge is -2.28. The van der Waals surface area contributed by atoms with Crippen molar-refractivity contribution in [1.29, 1.82) is 0 Å². The number of likely N-dealkylation sites (tertiary alicyclic amines) is 1. The smallest absolute Gasteiger partial charge is 0.228 e. The molecule has 0 spiro atoms. The first kappa shape index (κ1) is 17.4.